The molecule has 33 heavy (non-hydrogen) atoms. The summed E-state index contributed by atoms with van der Waals surface area (Å²) in [6.07, 6.45) is 1.28. The molecule has 1 aliphatic heterocycles. The van der Waals surface area contributed by atoms with E-state index in [-0.39, 0.29) is 45.6 Å². The summed E-state index contributed by atoms with van der Waals surface area (Å²) in [7, 11) is 0. The third kappa shape index (κ3) is 4.71. The highest BCUT2D eigenvalue weighted by Gasteiger charge is 2.26. The Morgan fingerprint density at radius 2 is 1.73 bits per heavy atom. The zero-order valence-electron chi connectivity index (χ0n) is 16.5. The van der Waals surface area contributed by atoms with Gasteiger partial charge in [0, 0.05) is 23.8 Å². The minimum Gasteiger partial charge on any atom is -0.450 e. The monoisotopic (exact) mass is 449 g/mol. The average molecular weight is 449 g/mol. The maximum Gasteiger partial charge on any atom is 0.363 e. The second kappa shape index (κ2) is 8.67. The van der Waals surface area contributed by atoms with Gasteiger partial charge in [-0.1, -0.05) is 12.1 Å². The molecule has 0 N–H and O–H groups in total. The zero-order chi connectivity index (χ0) is 23.5. The van der Waals surface area contributed by atoms with Crippen LogP contribution in [0.5, 0.6) is 11.5 Å². The molecule has 3 aromatic rings. The molecule has 0 amide bonds. The molecule has 4 rings (SSSR count). The van der Waals surface area contributed by atoms with Crippen molar-refractivity contribution in [2.45, 2.75) is 0 Å². The van der Waals surface area contributed by atoms with Gasteiger partial charge in [-0.25, -0.2) is 14.2 Å². The first-order chi connectivity index (χ1) is 15.8. The molecule has 3 aromatic carbocycles. The summed E-state index contributed by atoms with van der Waals surface area (Å²) in [5, 5.41) is 22.5. The lowest BCUT2D eigenvalue weighted by molar-refractivity contribution is -0.385. The maximum atomic E-state index is 13.1. The molecule has 11 heteroatoms. The quantitative estimate of drug-likeness (QED) is 0.229. The highest BCUT2D eigenvalue weighted by Crippen LogP contribution is 2.33. The van der Waals surface area contributed by atoms with E-state index in [9.17, 15) is 29.4 Å². The number of ether oxygens (including phenoxy) is 2. The summed E-state index contributed by atoms with van der Waals surface area (Å²) in [5.74, 6) is -1.29. The number of rotatable bonds is 6. The summed E-state index contributed by atoms with van der Waals surface area (Å²) < 4.78 is 23.6. The molecule has 0 aromatic heterocycles. The highest BCUT2D eigenvalue weighted by molar-refractivity contribution is 6.13. The van der Waals surface area contributed by atoms with Gasteiger partial charge in [-0.15, -0.1) is 0 Å². The molecule has 0 bridgehead atoms. The molecule has 10 nitrogen and oxygen atoms in total. The van der Waals surface area contributed by atoms with E-state index in [2.05, 4.69) is 4.99 Å². The van der Waals surface area contributed by atoms with Gasteiger partial charge in [0.05, 0.1) is 9.85 Å². The van der Waals surface area contributed by atoms with Crippen molar-refractivity contribution in [2.24, 2.45) is 4.99 Å². The van der Waals surface area contributed by atoms with Crippen molar-refractivity contribution >= 4 is 29.3 Å². The topological polar surface area (TPSA) is 134 Å². The number of cyclic esters (lactones) is 1. The molecule has 1 heterocycles. The molecule has 0 atom stereocenters. The van der Waals surface area contributed by atoms with E-state index in [1.807, 2.05) is 0 Å². The molecular weight excluding hydrogens is 437 g/mol. The van der Waals surface area contributed by atoms with Crippen molar-refractivity contribution in [3.63, 3.8) is 0 Å². The predicted molar refractivity (Wildman–Crippen MR) is 113 cm³/mol. The highest BCUT2D eigenvalue weighted by atomic mass is 19.1. The van der Waals surface area contributed by atoms with Crippen LogP contribution in [-0.2, 0) is 9.53 Å². The summed E-state index contributed by atoms with van der Waals surface area (Å²) in [5.41, 5.74) is -0.226. The van der Waals surface area contributed by atoms with Crippen LogP contribution < -0.4 is 4.74 Å². The van der Waals surface area contributed by atoms with Crippen molar-refractivity contribution in [3.8, 4) is 11.5 Å². The largest absolute Gasteiger partial charge is 0.450 e. The Labute approximate surface area is 184 Å². The number of nitro groups is 2. The zero-order valence-corrected chi connectivity index (χ0v) is 16.5. The summed E-state index contributed by atoms with van der Waals surface area (Å²) in [6, 6.07) is 14.4. The fourth-order valence-corrected chi connectivity index (χ4v) is 2.93. The summed E-state index contributed by atoms with van der Waals surface area (Å²) in [4.78, 5) is 37.5. The van der Waals surface area contributed by atoms with Crippen molar-refractivity contribution in [1.29, 1.82) is 0 Å². The molecule has 164 valence electrons. The summed E-state index contributed by atoms with van der Waals surface area (Å²) >= 11 is 0. The number of carbonyl (C=O) groups excluding carboxylic acids is 1. The van der Waals surface area contributed by atoms with Crippen molar-refractivity contribution < 1.29 is 28.5 Å². The van der Waals surface area contributed by atoms with Gasteiger partial charge >= 0.3 is 11.7 Å². The Balaban J connectivity index is 1.64. The number of hydrogen-bond donors (Lipinski definition) is 0. The standard InChI is InChI=1S/C22H12FN3O7/c23-15-5-7-17(8-6-15)32-20-9-4-13(11-19(20)26(30)31)10-18-22(27)33-21(24-18)14-2-1-3-16(12-14)25(28)29/h1-12H/b18-10+. The van der Waals surface area contributed by atoms with E-state index in [1.54, 1.807) is 0 Å². The maximum absolute atomic E-state index is 13.1. The van der Waals surface area contributed by atoms with E-state index in [0.29, 0.717) is 0 Å². The van der Waals surface area contributed by atoms with Gasteiger partial charge in [-0.2, -0.15) is 0 Å². The fraction of sp³-hybridized carbons (Fsp3) is 0. The van der Waals surface area contributed by atoms with E-state index < -0.39 is 21.6 Å². The number of aliphatic imine (C=N–C) groups is 1. The van der Waals surface area contributed by atoms with Crippen LogP contribution in [-0.4, -0.2) is 21.7 Å². The van der Waals surface area contributed by atoms with Gasteiger partial charge in [0.15, 0.2) is 5.70 Å². The van der Waals surface area contributed by atoms with Crippen molar-refractivity contribution in [1.82, 2.24) is 0 Å². The number of carbonyl (C=O) groups is 1. The van der Waals surface area contributed by atoms with E-state index in [0.717, 1.165) is 12.1 Å². The van der Waals surface area contributed by atoms with Gasteiger partial charge in [0.2, 0.25) is 11.6 Å². The van der Waals surface area contributed by atoms with E-state index in [1.165, 1.54) is 60.7 Å². The lowest BCUT2D eigenvalue weighted by Crippen LogP contribution is -2.05. The molecular formula is C22H12FN3O7. The van der Waals surface area contributed by atoms with Crippen molar-refractivity contribution in [3.05, 3.63) is 110 Å². The van der Waals surface area contributed by atoms with Crippen LogP contribution in [0, 0.1) is 26.0 Å². The molecule has 0 saturated carbocycles. The Morgan fingerprint density at radius 1 is 0.970 bits per heavy atom. The number of halogens is 1. The molecule has 0 unspecified atom stereocenters. The smallest absolute Gasteiger partial charge is 0.363 e. The Morgan fingerprint density at radius 3 is 2.42 bits per heavy atom. The predicted octanol–water partition coefficient (Wildman–Crippen LogP) is 4.78. The van der Waals surface area contributed by atoms with E-state index in [4.69, 9.17) is 9.47 Å². The Bertz CT molecular complexity index is 1350. The average Bonchev–Trinajstić information content (AvgIpc) is 3.16. The lowest BCUT2D eigenvalue weighted by atomic mass is 10.1. The molecule has 0 spiro atoms. The number of benzene rings is 3. The van der Waals surface area contributed by atoms with Gasteiger partial charge in [-0.3, -0.25) is 20.2 Å². The minimum absolute atomic E-state index is 0.0801. The first-order valence-corrected chi connectivity index (χ1v) is 9.29. The fourth-order valence-electron chi connectivity index (χ4n) is 2.93. The molecule has 0 radical (unpaired) electrons. The minimum atomic E-state index is -0.814. The third-order valence-corrected chi connectivity index (χ3v) is 4.45. The van der Waals surface area contributed by atoms with Crippen LogP contribution in [0.1, 0.15) is 11.1 Å². The first-order valence-electron chi connectivity index (χ1n) is 9.29. The SMILES string of the molecule is O=C1OC(c2cccc([N+](=O)[O-])c2)=N/C1=C/c1ccc(Oc2ccc(F)cc2)c([N+](=O)[O-])c1. The van der Waals surface area contributed by atoms with Gasteiger partial charge in [0.1, 0.15) is 11.6 Å². The van der Waals surface area contributed by atoms with Crippen LogP contribution >= 0.6 is 0 Å². The normalized spacial score (nSPS) is 14.0. The van der Waals surface area contributed by atoms with Crippen molar-refractivity contribution in [2.75, 3.05) is 0 Å². The van der Waals surface area contributed by atoms with Crippen LogP contribution in [0.4, 0.5) is 15.8 Å². The first kappa shape index (κ1) is 21.3. The van der Waals surface area contributed by atoms with Gasteiger partial charge in [-0.05, 0) is 48.0 Å². The number of non-ortho nitro benzene ring substituents is 1. The molecule has 0 saturated heterocycles. The molecule has 1 aliphatic rings. The van der Waals surface area contributed by atoms with Gasteiger partial charge in [0.25, 0.3) is 5.69 Å². The Kier molecular flexibility index (Phi) is 5.60. The second-order valence-electron chi connectivity index (χ2n) is 6.68. The van der Waals surface area contributed by atoms with Crippen LogP contribution in [0.15, 0.2) is 77.4 Å². The van der Waals surface area contributed by atoms with Crippen LogP contribution in [0.3, 0.4) is 0 Å². The number of nitro benzene ring substituents is 2. The van der Waals surface area contributed by atoms with E-state index >= 15 is 0 Å². The van der Waals surface area contributed by atoms with Crippen LogP contribution in [0.25, 0.3) is 6.08 Å². The van der Waals surface area contributed by atoms with Gasteiger partial charge < -0.3 is 9.47 Å². The lowest BCUT2D eigenvalue weighted by Gasteiger charge is -2.07. The molecule has 0 aliphatic carbocycles. The summed E-state index contributed by atoms with van der Waals surface area (Å²) in [6.45, 7) is 0. The third-order valence-electron chi connectivity index (χ3n) is 4.45. The number of esters is 1. The molecule has 0 fully saturated rings. The Hall–Kier alpha value is -4.93. The van der Waals surface area contributed by atoms with Crippen LogP contribution in [0.2, 0.25) is 0 Å². The number of nitrogens with zero attached hydrogens (tertiary/aromatic N) is 3. The second-order valence-corrected chi connectivity index (χ2v) is 6.68. The number of hydrogen-bond acceptors (Lipinski definition) is 8.